The van der Waals surface area contributed by atoms with E-state index in [0.29, 0.717) is 11.8 Å². The lowest BCUT2D eigenvalue weighted by molar-refractivity contribution is -0.125. The first-order chi connectivity index (χ1) is 16.0. The van der Waals surface area contributed by atoms with E-state index in [1.54, 1.807) is 11.2 Å². The predicted octanol–water partition coefficient (Wildman–Crippen LogP) is 5.10. The fourth-order valence-electron chi connectivity index (χ4n) is 6.69. The third kappa shape index (κ3) is 2.85. The van der Waals surface area contributed by atoms with Crippen LogP contribution in [0.15, 0.2) is 12.5 Å². The first-order valence-corrected chi connectivity index (χ1v) is 13.2. The number of morpholine rings is 1. The van der Waals surface area contributed by atoms with Crippen LogP contribution in [0, 0.1) is 6.92 Å². The van der Waals surface area contributed by atoms with Gasteiger partial charge in [0.2, 0.25) is 0 Å². The van der Waals surface area contributed by atoms with Crippen molar-refractivity contribution in [2.24, 2.45) is 0 Å². The molecule has 0 amide bonds. The Kier molecular flexibility index (Phi) is 4.37. The second-order valence-corrected chi connectivity index (χ2v) is 11.6. The van der Waals surface area contributed by atoms with Gasteiger partial charge in [-0.05, 0) is 67.6 Å². The SMILES string of the molecule is Cc1c2c(C(C)C)c(-c3cn4ncnc4c4c3CCC4)[nH]c2sc1[C@H]1C[C@]2(CNCCO2)C1. The summed E-state index contributed by atoms with van der Waals surface area (Å²) in [6, 6.07) is 0. The molecule has 0 bridgehead atoms. The number of aromatic amines is 1. The van der Waals surface area contributed by atoms with Crippen molar-refractivity contribution in [1.29, 1.82) is 0 Å². The number of nitrogens with zero attached hydrogens (tertiary/aromatic N) is 3. The van der Waals surface area contributed by atoms with E-state index >= 15 is 0 Å². The minimum absolute atomic E-state index is 0.0763. The summed E-state index contributed by atoms with van der Waals surface area (Å²) < 4.78 is 8.15. The van der Waals surface area contributed by atoms with E-state index in [2.05, 4.69) is 47.4 Å². The first-order valence-electron chi connectivity index (χ1n) is 12.4. The summed E-state index contributed by atoms with van der Waals surface area (Å²) in [5, 5.41) is 9.47. The number of pyridine rings is 1. The molecule has 2 N–H and O–H groups in total. The van der Waals surface area contributed by atoms with E-state index in [0.717, 1.165) is 51.0 Å². The fraction of sp³-hybridized carbons (Fsp3) is 0.538. The topological polar surface area (TPSA) is 67.2 Å². The molecule has 0 aromatic carbocycles. The Morgan fingerprint density at radius 1 is 1.24 bits per heavy atom. The van der Waals surface area contributed by atoms with Crippen molar-refractivity contribution in [3.63, 3.8) is 0 Å². The van der Waals surface area contributed by atoms with Gasteiger partial charge in [0.15, 0.2) is 5.65 Å². The van der Waals surface area contributed by atoms with Crippen LogP contribution in [-0.4, -0.2) is 44.9 Å². The van der Waals surface area contributed by atoms with Crippen molar-refractivity contribution in [3.05, 3.63) is 39.7 Å². The summed E-state index contributed by atoms with van der Waals surface area (Å²) in [7, 11) is 0. The van der Waals surface area contributed by atoms with Gasteiger partial charge < -0.3 is 15.0 Å². The van der Waals surface area contributed by atoms with Crippen LogP contribution in [0.5, 0.6) is 0 Å². The fourth-order valence-corrected chi connectivity index (χ4v) is 8.01. The van der Waals surface area contributed by atoms with Gasteiger partial charge in [0.25, 0.3) is 0 Å². The molecule has 7 heteroatoms. The molecule has 1 aliphatic heterocycles. The molecule has 4 aromatic heterocycles. The average Bonchev–Trinajstić information content (AvgIpc) is 3.55. The number of hydrogen-bond donors (Lipinski definition) is 2. The highest BCUT2D eigenvalue weighted by Crippen LogP contribution is 2.53. The van der Waals surface area contributed by atoms with Crippen LogP contribution >= 0.6 is 11.3 Å². The van der Waals surface area contributed by atoms with Crippen molar-refractivity contribution < 1.29 is 4.74 Å². The van der Waals surface area contributed by atoms with Gasteiger partial charge >= 0.3 is 0 Å². The van der Waals surface area contributed by atoms with Crippen molar-refractivity contribution in [2.75, 3.05) is 19.7 Å². The van der Waals surface area contributed by atoms with Gasteiger partial charge in [-0.2, -0.15) is 5.10 Å². The number of aromatic nitrogens is 4. The van der Waals surface area contributed by atoms with E-state index in [9.17, 15) is 0 Å². The monoisotopic (exact) mass is 461 g/mol. The smallest absolute Gasteiger partial charge is 0.158 e. The highest BCUT2D eigenvalue weighted by atomic mass is 32.1. The van der Waals surface area contributed by atoms with Crippen LogP contribution in [0.25, 0.3) is 27.1 Å². The van der Waals surface area contributed by atoms with Gasteiger partial charge in [-0.1, -0.05) is 13.8 Å². The van der Waals surface area contributed by atoms with Crippen LogP contribution in [-0.2, 0) is 17.6 Å². The van der Waals surface area contributed by atoms with Crippen molar-refractivity contribution in [2.45, 2.75) is 70.3 Å². The Balaban J connectivity index is 1.34. The van der Waals surface area contributed by atoms with Crippen molar-refractivity contribution in [3.8, 4) is 11.3 Å². The lowest BCUT2D eigenvalue weighted by Gasteiger charge is -2.49. The second-order valence-electron chi connectivity index (χ2n) is 10.6. The molecule has 0 unspecified atom stereocenters. The first kappa shape index (κ1) is 20.2. The Hall–Kier alpha value is -2.22. The van der Waals surface area contributed by atoms with E-state index in [1.165, 1.54) is 50.1 Å². The van der Waals surface area contributed by atoms with E-state index < -0.39 is 0 Å². The van der Waals surface area contributed by atoms with Gasteiger partial charge in [-0.25, -0.2) is 9.50 Å². The zero-order valence-electron chi connectivity index (χ0n) is 19.6. The quantitative estimate of drug-likeness (QED) is 0.446. The molecule has 1 spiro atoms. The number of aryl methyl sites for hydroxylation is 2. The van der Waals surface area contributed by atoms with Gasteiger partial charge in [0.05, 0.1) is 17.9 Å². The molecule has 0 atom stereocenters. The Morgan fingerprint density at radius 3 is 2.88 bits per heavy atom. The molecule has 2 aliphatic carbocycles. The Bertz CT molecular complexity index is 1380. The minimum atomic E-state index is 0.0763. The van der Waals surface area contributed by atoms with Crippen LogP contribution in [0.2, 0.25) is 0 Å². The molecule has 2 fully saturated rings. The molecule has 33 heavy (non-hydrogen) atoms. The summed E-state index contributed by atoms with van der Waals surface area (Å²) in [6.07, 6.45) is 9.59. The van der Waals surface area contributed by atoms with E-state index in [4.69, 9.17) is 4.74 Å². The maximum atomic E-state index is 6.18. The molecule has 6 nitrogen and oxygen atoms in total. The number of ether oxygens (including phenoxy) is 1. The number of hydrogen-bond acceptors (Lipinski definition) is 5. The average molecular weight is 462 g/mol. The maximum Gasteiger partial charge on any atom is 0.158 e. The molecule has 7 rings (SSSR count). The normalized spacial score (nSPS) is 24.9. The summed E-state index contributed by atoms with van der Waals surface area (Å²) in [5.41, 5.74) is 9.50. The zero-order chi connectivity index (χ0) is 22.3. The highest BCUT2D eigenvalue weighted by molar-refractivity contribution is 7.19. The standard InChI is InChI=1S/C26H31N5OS/c1-14(2)20-21-15(3)23(16-9-26(10-16)12-27-7-8-32-26)33-25(21)30-22(20)19-11-31-24(28-13-29-31)18-6-4-5-17(18)19/h11,13-14,16,27,30H,4-10,12H2,1-3H3/t16-,26+. The molecular weight excluding hydrogens is 430 g/mol. The van der Waals surface area contributed by atoms with Gasteiger partial charge in [0, 0.05) is 40.7 Å². The third-order valence-corrected chi connectivity index (χ3v) is 9.56. The lowest BCUT2D eigenvalue weighted by Crippen LogP contribution is -2.56. The predicted molar refractivity (Wildman–Crippen MR) is 133 cm³/mol. The molecule has 3 aliphatic rings. The number of nitrogens with one attached hydrogen (secondary N) is 2. The number of rotatable bonds is 3. The Morgan fingerprint density at radius 2 is 2.09 bits per heavy atom. The number of fused-ring (bicyclic) bond motifs is 4. The molecular formula is C26H31N5OS. The molecule has 172 valence electrons. The summed E-state index contributed by atoms with van der Waals surface area (Å²) in [5.74, 6) is 1.06. The van der Waals surface area contributed by atoms with Crippen LogP contribution in [0.3, 0.4) is 0 Å². The van der Waals surface area contributed by atoms with Gasteiger partial charge in [0.1, 0.15) is 11.2 Å². The zero-order valence-corrected chi connectivity index (χ0v) is 20.4. The molecule has 1 saturated heterocycles. The lowest BCUT2D eigenvalue weighted by atomic mass is 9.69. The summed E-state index contributed by atoms with van der Waals surface area (Å²) in [4.78, 5) is 11.3. The molecule has 4 aromatic rings. The highest BCUT2D eigenvalue weighted by Gasteiger charge is 2.48. The third-order valence-electron chi connectivity index (χ3n) is 8.19. The molecule has 0 radical (unpaired) electrons. The van der Waals surface area contributed by atoms with Crippen LogP contribution < -0.4 is 5.32 Å². The number of H-pyrrole nitrogens is 1. The van der Waals surface area contributed by atoms with Crippen LogP contribution in [0.4, 0.5) is 0 Å². The molecule has 5 heterocycles. The van der Waals surface area contributed by atoms with Gasteiger partial charge in [-0.15, -0.1) is 11.3 Å². The molecule has 1 saturated carbocycles. The van der Waals surface area contributed by atoms with Gasteiger partial charge in [-0.3, -0.25) is 0 Å². The van der Waals surface area contributed by atoms with E-state index in [-0.39, 0.29) is 5.60 Å². The maximum absolute atomic E-state index is 6.18. The summed E-state index contributed by atoms with van der Waals surface area (Å²) >= 11 is 1.97. The summed E-state index contributed by atoms with van der Waals surface area (Å²) in [6.45, 7) is 9.83. The second kappa shape index (κ2) is 7.14. The number of thiophene rings is 1. The Labute approximate surface area is 197 Å². The van der Waals surface area contributed by atoms with Crippen molar-refractivity contribution >= 4 is 27.2 Å². The van der Waals surface area contributed by atoms with Crippen LogP contribution in [0.1, 0.15) is 72.1 Å². The minimum Gasteiger partial charge on any atom is -0.372 e. The van der Waals surface area contributed by atoms with E-state index in [1.807, 2.05) is 15.9 Å². The largest absolute Gasteiger partial charge is 0.372 e. The van der Waals surface area contributed by atoms with Crippen molar-refractivity contribution in [1.82, 2.24) is 24.9 Å².